The predicted molar refractivity (Wildman–Crippen MR) is 154 cm³/mol. The molecule has 0 aliphatic carbocycles. The molecule has 3 aromatic carbocycles. The second-order valence-corrected chi connectivity index (χ2v) is 9.74. The van der Waals surface area contributed by atoms with Gasteiger partial charge in [0.1, 0.15) is 11.4 Å². The molecule has 0 radical (unpaired) electrons. The van der Waals surface area contributed by atoms with Gasteiger partial charge in [0, 0.05) is 28.7 Å². The summed E-state index contributed by atoms with van der Waals surface area (Å²) in [5, 5.41) is 1.29. The van der Waals surface area contributed by atoms with Crippen LogP contribution in [0.1, 0.15) is 29.9 Å². The number of halogens is 2. The monoisotopic (exact) mass is 530 g/mol. The highest BCUT2D eigenvalue weighted by Crippen LogP contribution is 2.31. The minimum Gasteiger partial charge on any atom is -0.308 e. The first-order valence-electron chi connectivity index (χ1n) is 12.5. The van der Waals surface area contributed by atoms with E-state index in [1.54, 1.807) is 6.08 Å². The van der Waals surface area contributed by atoms with Crippen LogP contribution in [-0.2, 0) is 6.54 Å². The zero-order chi connectivity index (χ0) is 25.9. The molecule has 0 atom stereocenters. The van der Waals surface area contributed by atoms with E-state index in [-0.39, 0.29) is 5.78 Å². The SMILES string of the molecule is CCN(CC)CCn1c2ccccc2n2c(C(=O)/C=C/c3ccc(Cl)cc3)c(-c3ccc(Cl)cc3)nc12. The van der Waals surface area contributed by atoms with Gasteiger partial charge in [-0.2, -0.15) is 0 Å². The van der Waals surface area contributed by atoms with Gasteiger partial charge in [0.05, 0.1) is 11.0 Å². The molecule has 0 unspecified atom stereocenters. The summed E-state index contributed by atoms with van der Waals surface area (Å²) in [7, 11) is 0. The van der Waals surface area contributed by atoms with Gasteiger partial charge in [0.15, 0.2) is 0 Å². The van der Waals surface area contributed by atoms with Gasteiger partial charge in [-0.25, -0.2) is 4.98 Å². The van der Waals surface area contributed by atoms with Crippen molar-refractivity contribution in [3.05, 3.63) is 100 Å². The van der Waals surface area contributed by atoms with Crippen molar-refractivity contribution in [2.24, 2.45) is 0 Å². The summed E-state index contributed by atoms with van der Waals surface area (Å²) >= 11 is 12.2. The van der Waals surface area contributed by atoms with Gasteiger partial charge >= 0.3 is 0 Å². The fraction of sp³-hybridized carbons (Fsp3) is 0.200. The number of hydrogen-bond donors (Lipinski definition) is 0. The van der Waals surface area contributed by atoms with Gasteiger partial charge in [-0.15, -0.1) is 0 Å². The molecule has 0 saturated heterocycles. The summed E-state index contributed by atoms with van der Waals surface area (Å²) in [6.45, 7) is 7.97. The maximum Gasteiger partial charge on any atom is 0.216 e. The number of fused-ring (bicyclic) bond motifs is 3. The lowest BCUT2D eigenvalue weighted by atomic mass is 10.1. The second kappa shape index (κ2) is 10.9. The zero-order valence-corrected chi connectivity index (χ0v) is 22.4. The van der Waals surface area contributed by atoms with Crippen LogP contribution in [0.15, 0.2) is 78.9 Å². The number of imidazole rings is 2. The molecular weight excluding hydrogens is 503 g/mol. The highest BCUT2D eigenvalue weighted by molar-refractivity contribution is 6.31. The summed E-state index contributed by atoms with van der Waals surface area (Å²) in [6, 6.07) is 23.0. The van der Waals surface area contributed by atoms with E-state index in [4.69, 9.17) is 28.2 Å². The number of ketones is 1. The molecule has 2 aromatic heterocycles. The number of aromatic nitrogens is 3. The van der Waals surface area contributed by atoms with E-state index in [0.29, 0.717) is 21.4 Å². The van der Waals surface area contributed by atoms with Gasteiger partial charge in [0.25, 0.3) is 0 Å². The van der Waals surface area contributed by atoms with Crippen LogP contribution >= 0.6 is 23.2 Å². The van der Waals surface area contributed by atoms with Gasteiger partial charge < -0.3 is 9.47 Å². The number of carbonyl (C=O) groups excluding carboxylic acids is 1. The van der Waals surface area contributed by atoms with Gasteiger partial charge in [-0.1, -0.05) is 79.5 Å². The van der Waals surface area contributed by atoms with Crippen molar-refractivity contribution >= 4 is 51.9 Å². The van der Waals surface area contributed by atoms with Crippen LogP contribution in [-0.4, -0.2) is 44.3 Å². The molecule has 0 aliphatic heterocycles. The number of benzene rings is 3. The molecule has 0 aliphatic rings. The van der Waals surface area contributed by atoms with Crippen LogP contribution in [0.3, 0.4) is 0 Å². The van der Waals surface area contributed by atoms with E-state index in [1.165, 1.54) is 0 Å². The van der Waals surface area contributed by atoms with Crippen LogP contribution in [0.2, 0.25) is 10.0 Å². The third kappa shape index (κ3) is 5.08. The van der Waals surface area contributed by atoms with E-state index >= 15 is 0 Å². The molecule has 5 rings (SSSR count). The molecule has 5 nitrogen and oxygen atoms in total. The molecule has 5 aromatic rings. The molecule has 0 bridgehead atoms. The Kier molecular flexibility index (Phi) is 7.47. The topological polar surface area (TPSA) is 42.5 Å². The fourth-order valence-corrected chi connectivity index (χ4v) is 4.92. The Morgan fingerprint density at radius 3 is 2.16 bits per heavy atom. The van der Waals surface area contributed by atoms with Crippen molar-refractivity contribution in [2.45, 2.75) is 20.4 Å². The Labute approximate surface area is 226 Å². The Morgan fingerprint density at radius 2 is 1.51 bits per heavy atom. The Balaban J connectivity index is 1.69. The predicted octanol–water partition coefficient (Wildman–Crippen LogP) is 7.50. The van der Waals surface area contributed by atoms with Crippen LogP contribution < -0.4 is 0 Å². The number of para-hydroxylation sites is 2. The summed E-state index contributed by atoms with van der Waals surface area (Å²) in [6.07, 6.45) is 3.41. The van der Waals surface area contributed by atoms with Crippen molar-refractivity contribution in [1.29, 1.82) is 0 Å². The molecule has 0 saturated carbocycles. The quantitative estimate of drug-likeness (QED) is 0.146. The number of likely N-dealkylation sites (N-methyl/N-ethyl adjacent to an activating group) is 1. The summed E-state index contributed by atoms with van der Waals surface area (Å²) in [5.74, 6) is 0.626. The Hall–Kier alpha value is -3.38. The standard InChI is InChI=1S/C30H28Cl2N4O/c1-3-34(4-2)19-20-35-25-7-5-6-8-26(25)36-29(27(37)18-11-21-9-14-23(31)15-10-21)28(33-30(35)36)22-12-16-24(32)17-13-22/h5-18H,3-4,19-20H2,1-2H3/b18-11+. The van der Waals surface area contributed by atoms with Gasteiger partial charge in [0.2, 0.25) is 11.6 Å². The number of rotatable bonds is 9. The number of carbonyl (C=O) groups is 1. The fourth-order valence-electron chi connectivity index (χ4n) is 4.67. The van der Waals surface area contributed by atoms with Crippen molar-refractivity contribution in [2.75, 3.05) is 19.6 Å². The van der Waals surface area contributed by atoms with E-state index in [1.807, 2.05) is 77.2 Å². The average Bonchev–Trinajstić information content (AvgIpc) is 3.45. The molecule has 0 spiro atoms. The minimum absolute atomic E-state index is 0.126. The lowest BCUT2D eigenvalue weighted by Crippen LogP contribution is -2.27. The smallest absolute Gasteiger partial charge is 0.216 e. The summed E-state index contributed by atoms with van der Waals surface area (Å²) in [5.41, 5.74) is 4.91. The van der Waals surface area contributed by atoms with Gasteiger partial charge in [-0.3, -0.25) is 9.20 Å². The van der Waals surface area contributed by atoms with Crippen LogP contribution in [0.5, 0.6) is 0 Å². The minimum atomic E-state index is -0.126. The van der Waals surface area contributed by atoms with E-state index < -0.39 is 0 Å². The highest BCUT2D eigenvalue weighted by atomic mass is 35.5. The maximum atomic E-state index is 13.8. The first-order valence-corrected chi connectivity index (χ1v) is 13.2. The number of hydrogen-bond acceptors (Lipinski definition) is 3. The van der Waals surface area contributed by atoms with Gasteiger partial charge in [-0.05, 0) is 61.1 Å². The molecule has 0 fully saturated rings. The van der Waals surface area contributed by atoms with Crippen molar-refractivity contribution in [1.82, 2.24) is 18.9 Å². The Morgan fingerprint density at radius 1 is 0.892 bits per heavy atom. The van der Waals surface area contributed by atoms with Crippen LogP contribution in [0, 0.1) is 0 Å². The van der Waals surface area contributed by atoms with Crippen molar-refractivity contribution in [3.63, 3.8) is 0 Å². The summed E-state index contributed by atoms with van der Waals surface area (Å²) < 4.78 is 4.21. The van der Waals surface area contributed by atoms with Crippen molar-refractivity contribution in [3.8, 4) is 11.3 Å². The number of nitrogens with zero attached hydrogens (tertiary/aromatic N) is 4. The maximum absolute atomic E-state index is 13.8. The molecule has 188 valence electrons. The number of allylic oxidation sites excluding steroid dienone is 1. The molecule has 0 amide bonds. The third-order valence-electron chi connectivity index (χ3n) is 6.70. The first kappa shape index (κ1) is 25.3. The molecule has 7 heteroatoms. The largest absolute Gasteiger partial charge is 0.308 e. The normalized spacial score (nSPS) is 11.9. The van der Waals surface area contributed by atoms with Crippen molar-refractivity contribution < 1.29 is 4.79 Å². The third-order valence-corrected chi connectivity index (χ3v) is 7.20. The van der Waals surface area contributed by atoms with Crippen LogP contribution in [0.25, 0.3) is 34.1 Å². The lowest BCUT2D eigenvalue weighted by Gasteiger charge is -2.18. The van der Waals surface area contributed by atoms with E-state index in [9.17, 15) is 4.79 Å². The first-order chi connectivity index (χ1) is 18.0. The summed E-state index contributed by atoms with van der Waals surface area (Å²) in [4.78, 5) is 21.3. The zero-order valence-electron chi connectivity index (χ0n) is 20.9. The Bertz CT molecular complexity index is 1580. The van der Waals surface area contributed by atoms with E-state index in [0.717, 1.165) is 54.1 Å². The molecule has 2 heterocycles. The molecule has 37 heavy (non-hydrogen) atoms. The lowest BCUT2D eigenvalue weighted by molar-refractivity contribution is 0.104. The molecular formula is C30H28Cl2N4O. The molecule has 0 N–H and O–H groups in total. The van der Waals surface area contributed by atoms with E-state index in [2.05, 4.69) is 29.4 Å². The second-order valence-electron chi connectivity index (χ2n) is 8.87. The highest BCUT2D eigenvalue weighted by Gasteiger charge is 2.24. The van der Waals surface area contributed by atoms with Crippen LogP contribution in [0.4, 0.5) is 0 Å². The average molecular weight is 531 g/mol.